The smallest absolute Gasteiger partial charge is 0.114 e. The molecular weight excluding hydrogens is 180 g/mol. The molecule has 1 rings (SSSR count). The molecule has 2 nitrogen and oxygen atoms in total. The summed E-state index contributed by atoms with van der Waals surface area (Å²) in [6, 6.07) is 11.4. The van der Waals surface area contributed by atoms with Crippen LogP contribution in [0.15, 0.2) is 35.9 Å². The quantitative estimate of drug-likeness (QED) is 0.438. The van der Waals surface area contributed by atoms with Crippen LogP contribution in [0.2, 0.25) is 0 Å². The molecule has 0 aliphatic rings. The summed E-state index contributed by atoms with van der Waals surface area (Å²) < 4.78 is 0. The molecule has 1 aromatic rings. The average molecular weight is 188 g/mol. The lowest BCUT2D eigenvalue weighted by Crippen LogP contribution is -2.09. The summed E-state index contributed by atoms with van der Waals surface area (Å²) in [5, 5.41) is 8.67. The maximum atomic E-state index is 8.67. The zero-order chi connectivity index (χ0) is 9.68. The molecule has 1 aromatic carbocycles. The number of nitrogens with zero attached hydrogens (tertiary/aromatic N) is 1. The van der Waals surface area contributed by atoms with E-state index in [1.165, 1.54) is 0 Å². The SMILES string of the molecule is N#CC(=Cc1ccccc1)C(N)=S. The Bertz CT molecular complexity index is 374. The zero-order valence-electron chi connectivity index (χ0n) is 6.90. The normalized spacial score (nSPS) is 10.5. The van der Waals surface area contributed by atoms with Gasteiger partial charge in [0.25, 0.3) is 0 Å². The van der Waals surface area contributed by atoms with E-state index >= 15 is 0 Å². The second-order valence-electron chi connectivity index (χ2n) is 2.44. The minimum atomic E-state index is 0.131. The van der Waals surface area contributed by atoms with Gasteiger partial charge in [0.15, 0.2) is 0 Å². The highest BCUT2D eigenvalue weighted by molar-refractivity contribution is 7.80. The molecule has 0 saturated carbocycles. The topological polar surface area (TPSA) is 49.8 Å². The third-order valence-corrected chi connectivity index (χ3v) is 1.72. The highest BCUT2D eigenvalue weighted by atomic mass is 32.1. The van der Waals surface area contributed by atoms with Crippen LogP contribution in [0, 0.1) is 11.3 Å². The molecule has 2 N–H and O–H groups in total. The van der Waals surface area contributed by atoms with Gasteiger partial charge >= 0.3 is 0 Å². The van der Waals surface area contributed by atoms with E-state index in [0.29, 0.717) is 5.57 Å². The minimum Gasteiger partial charge on any atom is -0.389 e. The largest absolute Gasteiger partial charge is 0.389 e. The average Bonchev–Trinajstić information content (AvgIpc) is 2.15. The van der Waals surface area contributed by atoms with Crippen LogP contribution in [-0.2, 0) is 0 Å². The van der Waals surface area contributed by atoms with E-state index in [0.717, 1.165) is 5.56 Å². The summed E-state index contributed by atoms with van der Waals surface area (Å²) >= 11 is 4.70. The molecule has 0 radical (unpaired) electrons. The van der Waals surface area contributed by atoms with Gasteiger partial charge in [-0.15, -0.1) is 0 Å². The fourth-order valence-electron chi connectivity index (χ4n) is 0.874. The molecule has 64 valence electrons. The van der Waals surface area contributed by atoms with E-state index in [4.69, 9.17) is 23.2 Å². The molecule has 0 aliphatic carbocycles. The van der Waals surface area contributed by atoms with Crippen molar-refractivity contribution in [1.82, 2.24) is 0 Å². The van der Waals surface area contributed by atoms with Crippen molar-refractivity contribution in [1.29, 1.82) is 5.26 Å². The molecule has 0 saturated heterocycles. The lowest BCUT2D eigenvalue weighted by atomic mass is 10.1. The fourth-order valence-corrected chi connectivity index (χ4v) is 0.979. The first kappa shape index (κ1) is 9.43. The van der Waals surface area contributed by atoms with E-state index in [2.05, 4.69) is 0 Å². The molecule has 0 unspecified atom stereocenters. The Hall–Kier alpha value is -1.66. The van der Waals surface area contributed by atoms with Crippen LogP contribution in [-0.4, -0.2) is 4.99 Å². The van der Waals surface area contributed by atoms with Crippen molar-refractivity contribution in [3.8, 4) is 6.07 Å². The summed E-state index contributed by atoms with van der Waals surface area (Å²) in [6.45, 7) is 0. The van der Waals surface area contributed by atoms with Crippen molar-refractivity contribution in [3.05, 3.63) is 41.5 Å². The van der Waals surface area contributed by atoms with Crippen LogP contribution in [0.3, 0.4) is 0 Å². The number of nitriles is 1. The van der Waals surface area contributed by atoms with Crippen LogP contribution < -0.4 is 5.73 Å². The number of hydrogen-bond acceptors (Lipinski definition) is 2. The van der Waals surface area contributed by atoms with Gasteiger partial charge < -0.3 is 5.73 Å². The van der Waals surface area contributed by atoms with Crippen LogP contribution in [0.1, 0.15) is 5.56 Å². The van der Waals surface area contributed by atoms with Gasteiger partial charge in [-0.2, -0.15) is 5.26 Å². The zero-order valence-corrected chi connectivity index (χ0v) is 7.71. The molecular formula is C10H8N2S. The van der Waals surface area contributed by atoms with Gasteiger partial charge in [0, 0.05) is 0 Å². The second-order valence-corrected chi connectivity index (χ2v) is 2.88. The Kier molecular flexibility index (Phi) is 3.18. The van der Waals surface area contributed by atoms with Crippen molar-refractivity contribution >= 4 is 23.3 Å². The second kappa shape index (κ2) is 4.39. The van der Waals surface area contributed by atoms with Crippen LogP contribution in [0.4, 0.5) is 0 Å². The lowest BCUT2D eigenvalue weighted by molar-refractivity contribution is 1.51. The molecule has 0 heterocycles. The summed E-state index contributed by atoms with van der Waals surface area (Å²) in [4.78, 5) is 0.131. The van der Waals surface area contributed by atoms with E-state index < -0.39 is 0 Å². The first-order valence-electron chi connectivity index (χ1n) is 3.70. The number of thiocarbonyl (C=S) groups is 1. The van der Waals surface area contributed by atoms with E-state index in [9.17, 15) is 0 Å². The van der Waals surface area contributed by atoms with Crippen molar-refractivity contribution < 1.29 is 0 Å². The van der Waals surface area contributed by atoms with Gasteiger partial charge in [-0.1, -0.05) is 42.5 Å². The molecule has 3 heteroatoms. The highest BCUT2D eigenvalue weighted by Gasteiger charge is 1.97. The highest BCUT2D eigenvalue weighted by Crippen LogP contribution is 2.05. The Morgan fingerprint density at radius 3 is 2.46 bits per heavy atom. The van der Waals surface area contributed by atoms with Crippen LogP contribution in [0.5, 0.6) is 0 Å². The Morgan fingerprint density at radius 2 is 2.00 bits per heavy atom. The standard InChI is InChI=1S/C10H8N2S/c11-7-9(10(12)13)6-8-4-2-1-3-5-8/h1-6H,(H2,12,13). The molecule has 0 amide bonds. The fraction of sp³-hybridized carbons (Fsp3) is 0. The van der Waals surface area contributed by atoms with Gasteiger partial charge in [0.1, 0.15) is 11.1 Å². The summed E-state index contributed by atoms with van der Waals surface area (Å²) in [5.74, 6) is 0. The molecule has 0 bridgehead atoms. The number of benzene rings is 1. The van der Waals surface area contributed by atoms with E-state index in [-0.39, 0.29) is 4.99 Å². The van der Waals surface area contributed by atoms with Gasteiger partial charge in [0.2, 0.25) is 0 Å². The minimum absolute atomic E-state index is 0.131. The molecule has 0 aliphatic heterocycles. The maximum absolute atomic E-state index is 8.67. The third kappa shape index (κ3) is 2.69. The summed E-state index contributed by atoms with van der Waals surface area (Å²) in [6.07, 6.45) is 1.67. The van der Waals surface area contributed by atoms with E-state index in [1.807, 2.05) is 36.4 Å². The van der Waals surface area contributed by atoms with Gasteiger partial charge in [-0.3, -0.25) is 0 Å². The first-order chi connectivity index (χ1) is 6.24. The summed E-state index contributed by atoms with van der Waals surface area (Å²) in [7, 11) is 0. The van der Waals surface area contributed by atoms with Crippen molar-refractivity contribution in [2.75, 3.05) is 0 Å². The Labute approximate surface area is 82.3 Å². The van der Waals surface area contributed by atoms with Crippen molar-refractivity contribution in [3.63, 3.8) is 0 Å². The molecule has 0 fully saturated rings. The third-order valence-electron chi connectivity index (χ3n) is 1.50. The van der Waals surface area contributed by atoms with Crippen LogP contribution in [0.25, 0.3) is 6.08 Å². The van der Waals surface area contributed by atoms with E-state index in [1.54, 1.807) is 6.08 Å². The lowest BCUT2D eigenvalue weighted by Gasteiger charge is -1.94. The first-order valence-corrected chi connectivity index (χ1v) is 4.11. The van der Waals surface area contributed by atoms with Crippen molar-refractivity contribution in [2.24, 2.45) is 5.73 Å². The Balaban J connectivity index is 3.01. The monoisotopic (exact) mass is 188 g/mol. The number of rotatable bonds is 2. The van der Waals surface area contributed by atoms with Gasteiger partial charge in [-0.25, -0.2) is 0 Å². The van der Waals surface area contributed by atoms with Gasteiger partial charge in [0.05, 0.1) is 5.57 Å². The van der Waals surface area contributed by atoms with Crippen LogP contribution >= 0.6 is 12.2 Å². The predicted octanol–water partition coefficient (Wildman–Crippen LogP) is 1.88. The Morgan fingerprint density at radius 1 is 1.38 bits per heavy atom. The number of nitrogens with two attached hydrogens (primary N) is 1. The predicted molar refractivity (Wildman–Crippen MR) is 56.8 cm³/mol. The summed E-state index contributed by atoms with van der Waals surface area (Å²) in [5.41, 5.74) is 6.59. The number of hydrogen-bond donors (Lipinski definition) is 1. The molecule has 13 heavy (non-hydrogen) atoms. The van der Waals surface area contributed by atoms with Gasteiger partial charge in [-0.05, 0) is 11.6 Å². The molecule has 0 aromatic heterocycles. The molecule has 0 spiro atoms. The molecule has 0 atom stereocenters. The maximum Gasteiger partial charge on any atom is 0.114 e. The van der Waals surface area contributed by atoms with Crippen molar-refractivity contribution in [2.45, 2.75) is 0 Å².